The lowest BCUT2D eigenvalue weighted by molar-refractivity contribution is 0.273. The second kappa shape index (κ2) is 6.10. The molecule has 0 spiro atoms. The van der Waals surface area contributed by atoms with Gasteiger partial charge in [0.2, 0.25) is 0 Å². The minimum Gasteiger partial charge on any atom is -0.369 e. The van der Waals surface area contributed by atoms with E-state index in [1.165, 1.54) is 38.0 Å². The van der Waals surface area contributed by atoms with Gasteiger partial charge in [-0.2, -0.15) is 0 Å². The average Bonchev–Trinajstić information content (AvgIpc) is 2.83. The van der Waals surface area contributed by atoms with Crippen molar-refractivity contribution in [3.8, 4) is 0 Å². The van der Waals surface area contributed by atoms with Gasteiger partial charge in [-0.1, -0.05) is 6.92 Å². The molecule has 2 aliphatic rings. The van der Waals surface area contributed by atoms with Crippen molar-refractivity contribution in [2.75, 3.05) is 31.1 Å². The Bertz CT molecular complexity index is 431. The molecule has 3 rings (SSSR count). The fourth-order valence-corrected chi connectivity index (χ4v) is 3.45. The molecule has 20 heavy (non-hydrogen) atoms. The molecule has 2 atom stereocenters. The molecule has 0 bridgehead atoms. The first kappa shape index (κ1) is 13.8. The van der Waals surface area contributed by atoms with Crippen molar-refractivity contribution < 1.29 is 0 Å². The van der Waals surface area contributed by atoms with Gasteiger partial charge in [0.25, 0.3) is 0 Å². The Balaban J connectivity index is 1.71. The van der Waals surface area contributed by atoms with E-state index in [2.05, 4.69) is 33.8 Å². The van der Waals surface area contributed by atoms with Crippen molar-refractivity contribution in [1.29, 1.82) is 0 Å². The van der Waals surface area contributed by atoms with Crippen LogP contribution in [0.15, 0.2) is 18.3 Å². The molecule has 2 saturated heterocycles. The van der Waals surface area contributed by atoms with Crippen LogP contribution in [0.3, 0.4) is 0 Å². The highest BCUT2D eigenvalue weighted by atomic mass is 15.3. The molecule has 0 aromatic carbocycles. The van der Waals surface area contributed by atoms with E-state index in [-0.39, 0.29) is 6.04 Å². The van der Waals surface area contributed by atoms with E-state index >= 15 is 0 Å². The third-order valence-electron chi connectivity index (χ3n) is 4.76. The quantitative estimate of drug-likeness (QED) is 0.917. The van der Waals surface area contributed by atoms with Crippen molar-refractivity contribution in [3.05, 3.63) is 24.0 Å². The summed E-state index contributed by atoms with van der Waals surface area (Å²) in [7, 11) is 0. The Morgan fingerprint density at radius 3 is 2.90 bits per heavy atom. The smallest absolute Gasteiger partial charge is 0.0572 e. The lowest BCUT2D eigenvalue weighted by Gasteiger charge is -2.27. The van der Waals surface area contributed by atoms with Gasteiger partial charge in [-0.3, -0.25) is 9.88 Å². The van der Waals surface area contributed by atoms with Gasteiger partial charge < -0.3 is 10.6 Å². The van der Waals surface area contributed by atoms with Gasteiger partial charge in [-0.05, 0) is 44.4 Å². The van der Waals surface area contributed by atoms with Crippen molar-refractivity contribution in [1.82, 2.24) is 9.88 Å². The Kier molecular flexibility index (Phi) is 4.22. The van der Waals surface area contributed by atoms with Crippen LogP contribution in [-0.4, -0.2) is 42.1 Å². The first-order chi connectivity index (χ1) is 9.78. The standard InChI is InChI=1S/C16H26N4/c1-2-15(17)16-7-6-13(11-18-16)20-10-4-9-19-8-3-5-14(19)12-20/h6-7,11,14-15H,2-5,8-10,12,17H2,1H3/t14?,15-/m1/s1. The van der Waals surface area contributed by atoms with E-state index in [0.717, 1.165) is 31.2 Å². The van der Waals surface area contributed by atoms with Crippen molar-refractivity contribution in [3.63, 3.8) is 0 Å². The Morgan fingerprint density at radius 2 is 2.15 bits per heavy atom. The second-order valence-corrected chi connectivity index (χ2v) is 6.09. The predicted molar refractivity (Wildman–Crippen MR) is 82.9 cm³/mol. The summed E-state index contributed by atoms with van der Waals surface area (Å²) in [6.07, 6.45) is 6.92. The van der Waals surface area contributed by atoms with E-state index in [9.17, 15) is 0 Å². The fraction of sp³-hybridized carbons (Fsp3) is 0.688. The van der Waals surface area contributed by atoms with Gasteiger partial charge in [0, 0.05) is 31.7 Å². The summed E-state index contributed by atoms with van der Waals surface area (Å²) in [5, 5.41) is 0. The van der Waals surface area contributed by atoms with Crippen LogP contribution >= 0.6 is 0 Å². The van der Waals surface area contributed by atoms with E-state index in [0.29, 0.717) is 0 Å². The Hall–Kier alpha value is -1.13. The van der Waals surface area contributed by atoms with E-state index in [1.54, 1.807) is 0 Å². The maximum atomic E-state index is 6.04. The number of hydrogen-bond acceptors (Lipinski definition) is 4. The lowest BCUT2D eigenvalue weighted by atomic mass is 10.1. The third kappa shape index (κ3) is 2.81. The van der Waals surface area contributed by atoms with Gasteiger partial charge in [-0.25, -0.2) is 0 Å². The summed E-state index contributed by atoms with van der Waals surface area (Å²) in [5.74, 6) is 0. The zero-order valence-electron chi connectivity index (χ0n) is 12.5. The van der Waals surface area contributed by atoms with E-state index < -0.39 is 0 Å². The molecule has 2 fully saturated rings. The van der Waals surface area contributed by atoms with Crippen LogP contribution < -0.4 is 10.6 Å². The van der Waals surface area contributed by atoms with Crippen molar-refractivity contribution in [2.45, 2.75) is 44.7 Å². The summed E-state index contributed by atoms with van der Waals surface area (Å²) < 4.78 is 0. The normalized spacial score (nSPS) is 25.3. The van der Waals surface area contributed by atoms with Crippen molar-refractivity contribution in [2.24, 2.45) is 5.73 Å². The average molecular weight is 274 g/mol. The fourth-order valence-electron chi connectivity index (χ4n) is 3.45. The highest BCUT2D eigenvalue weighted by Crippen LogP contribution is 2.25. The molecular formula is C16H26N4. The summed E-state index contributed by atoms with van der Waals surface area (Å²) in [4.78, 5) is 9.73. The van der Waals surface area contributed by atoms with Crippen LogP contribution in [0.4, 0.5) is 5.69 Å². The second-order valence-electron chi connectivity index (χ2n) is 6.09. The van der Waals surface area contributed by atoms with Gasteiger partial charge >= 0.3 is 0 Å². The third-order valence-corrected chi connectivity index (χ3v) is 4.76. The maximum absolute atomic E-state index is 6.04. The Morgan fingerprint density at radius 1 is 1.30 bits per heavy atom. The van der Waals surface area contributed by atoms with Gasteiger partial charge in [0.1, 0.15) is 0 Å². The van der Waals surface area contributed by atoms with Gasteiger partial charge in [-0.15, -0.1) is 0 Å². The number of pyridine rings is 1. The summed E-state index contributed by atoms with van der Waals surface area (Å²) in [6, 6.07) is 5.11. The molecule has 4 nitrogen and oxygen atoms in total. The molecule has 3 heterocycles. The summed E-state index contributed by atoms with van der Waals surface area (Å²) in [6.45, 7) is 6.95. The number of aromatic nitrogens is 1. The van der Waals surface area contributed by atoms with Gasteiger partial charge in [0.05, 0.1) is 17.6 Å². The molecule has 110 valence electrons. The van der Waals surface area contributed by atoms with Crippen LogP contribution in [0.2, 0.25) is 0 Å². The largest absolute Gasteiger partial charge is 0.369 e. The number of rotatable bonds is 3. The molecule has 0 aliphatic carbocycles. The first-order valence-electron chi connectivity index (χ1n) is 7.98. The summed E-state index contributed by atoms with van der Waals surface area (Å²) >= 11 is 0. The minimum absolute atomic E-state index is 0.0681. The number of nitrogens with zero attached hydrogens (tertiary/aromatic N) is 3. The zero-order valence-corrected chi connectivity index (χ0v) is 12.5. The van der Waals surface area contributed by atoms with Crippen LogP contribution in [0.1, 0.15) is 44.3 Å². The molecule has 1 unspecified atom stereocenters. The molecule has 0 radical (unpaired) electrons. The first-order valence-corrected chi connectivity index (χ1v) is 7.98. The van der Waals surface area contributed by atoms with Crippen LogP contribution in [0.5, 0.6) is 0 Å². The number of anilines is 1. The lowest BCUT2D eigenvalue weighted by Crippen LogP contribution is -2.36. The topological polar surface area (TPSA) is 45.4 Å². The SMILES string of the molecule is CC[C@@H](N)c1ccc(N2CCCN3CCCC3C2)cn1. The van der Waals surface area contributed by atoms with E-state index in [4.69, 9.17) is 5.73 Å². The molecule has 1 aromatic rings. The van der Waals surface area contributed by atoms with Crippen molar-refractivity contribution >= 4 is 5.69 Å². The zero-order chi connectivity index (χ0) is 13.9. The molecule has 2 N–H and O–H groups in total. The molecule has 4 heteroatoms. The van der Waals surface area contributed by atoms with Crippen LogP contribution in [0, 0.1) is 0 Å². The number of hydrogen-bond donors (Lipinski definition) is 1. The Labute approximate surface area is 122 Å². The number of nitrogens with two attached hydrogens (primary N) is 1. The summed E-state index contributed by atoms with van der Waals surface area (Å²) in [5.41, 5.74) is 8.30. The molecule has 0 saturated carbocycles. The highest BCUT2D eigenvalue weighted by Gasteiger charge is 2.28. The van der Waals surface area contributed by atoms with Gasteiger partial charge in [0.15, 0.2) is 0 Å². The highest BCUT2D eigenvalue weighted by molar-refractivity contribution is 5.45. The van der Waals surface area contributed by atoms with E-state index in [1.807, 2.05) is 6.20 Å². The monoisotopic (exact) mass is 274 g/mol. The maximum Gasteiger partial charge on any atom is 0.0572 e. The number of fused-ring (bicyclic) bond motifs is 1. The molecular weight excluding hydrogens is 248 g/mol. The molecule has 0 amide bonds. The minimum atomic E-state index is 0.0681. The predicted octanol–water partition coefficient (Wildman–Crippen LogP) is 2.17. The molecule has 1 aromatic heterocycles. The molecule has 2 aliphatic heterocycles. The van der Waals surface area contributed by atoms with Crippen LogP contribution in [0.25, 0.3) is 0 Å². The van der Waals surface area contributed by atoms with Crippen LogP contribution in [-0.2, 0) is 0 Å².